The molecule has 0 aliphatic carbocycles. The maximum Gasteiger partial charge on any atom is 0.251 e. The van der Waals surface area contributed by atoms with Gasteiger partial charge in [-0.2, -0.15) is 0 Å². The fraction of sp³-hybridized carbons (Fsp3) is 0.409. The van der Waals surface area contributed by atoms with Crippen LogP contribution in [-0.4, -0.2) is 45.4 Å². The smallest absolute Gasteiger partial charge is 0.251 e. The normalized spacial score (nSPS) is 12.7. The molecule has 2 aromatic carbocycles. The van der Waals surface area contributed by atoms with Crippen LogP contribution in [0.5, 0.6) is 0 Å². The van der Waals surface area contributed by atoms with Crippen LogP contribution in [0.1, 0.15) is 48.3 Å². The highest BCUT2D eigenvalue weighted by Gasteiger charge is 2.21. The molecule has 2 N–H and O–H groups in total. The Kier molecular flexibility index (Phi) is 8.37. The summed E-state index contributed by atoms with van der Waals surface area (Å²) in [5.41, 5.74) is 2.24. The molecule has 0 aromatic heterocycles. The Hall–Kier alpha value is -2.22. The molecule has 1 amide bonds. The number of aryl methyl sites for hydroxylation is 1. The molecule has 2 aromatic rings. The predicted octanol–water partition coefficient (Wildman–Crippen LogP) is 3.11. The monoisotopic (exact) mass is 417 g/mol. The number of carbonyl (C=O) groups is 1. The third-order valence-corrected chi connectivity index (χ3v) is 6.54. The van der Waals surface area contributed by atoms with Crippen molar-refractivity contribution in [3.8, 4) is 0 Å². The van der Waals surface area contributed by atoms with Gasteiger partial charge in [0.05, 0.1) is 10.9 Å². The Morgan fingerprint density at radius 1 is 1.03 bits per heavy atom. The average molecular weight is 418 g/mol. The molecule has 1 atom stereocenters. The number of hydrogen-bond acceptors (Lipinski definition) is 4. The van der Waals surface area contributed by atoms with E-state index in [9.17, 15) is 13.2 Å². The number of likely N-dealkylation sites (N-methyl/N-ethyl adjacent to an activating group) is 1. The van der Waals surface area contributed by atoms with Crippen LogP contribution in [0.2, 0.25) is 0 Å². The van der Waals surface area contributed by atoms with E-state index in [1.807, 2.05) is 18.2 Å². The number of amides is 1. The number of nitrogens with zero attached hydrogens (tertiary/aromatic N) is 1. The van der Waals surface area contributed by atoms with Gasteiger partial charge in [0.2, 0.25) is 10.0 Å². The van der Waals surface area contributed by atoms with Gasteiger partial charge in [0.25, 0.3) is 5.91 Å². The standard InChI is InChI=1S/C22H31N3O3S/c1-5-24-29(27,28)19-14-13-17(4)20(15-19)22(26)23-16-21(25(6-2)7-3)18-11-9-8-10-12-18/h8-15,21,24H,5-7,16H2,1-4H3,(H,23,26). The zero-order valence-electron chi connectivity index (χ0n) is 17.6. The van der Waals surface area contributed by atoms with Crippen molar-refractivity contribution < 1.29 is 13.2 Å². The molecule has 0 heterocycles. The molecule has 0 radical (unpaired) electrons. The van der Waals surface area contributed by atoms with Crippen molar-refractivity contribution in [2.75, 3.05) is 26.2 Å². The summed E-state index contributed by atoms with van der Waals surface area (Å²) in [5.74, 6) is -0.274. The summed E-state index contributed by atoms with van der Waals surface area (Å²) in [4.78, 5) is 15.3. The molecule has 0 aliphatic heterocycles. The molecular weight excluding hydrogens is 386 g/mol. The first kappa shape index (κ1) is 23.1. The second kappa shape index (κ2) is 10.5. The largest absolute Gasteiger partial charge is 0.350 e. The predicted molar refractivity (Wildman–Crippen MR) is 116 cm³/mol. The van der Waals surface area contributed by atoms with Crippen molar-refractivity contribution in [2.24, 2.45) is 0 Å². The van der Waals surface area contributed by atoms with Crippen molar-refractivity contribution in [1.29, 1.82) is 0 Å². The van der Waals surface area contributed by atoms with Gasteiger partial charge in [0.1, 0.15) is 0 Å². The van der Waals surface area contributed by atoms with Crippen LogP contribution in [0.4, 0.5) is 0 Å². The highest BCUT2D eigenvalue weighted by molar-refractivity contribution is 7.89. The second-order valence-electron chi connectivity index (χ2n) is 6.84. The molecule has 0 saturated carbocycles. The minimum absolute atomic E-state index is 0.0455. The lowest BCUT2D eigenvalue weighted by molar-refractivity contribution is 0.0934. The summed E-state index contributed by atoms with van der Waals surface area (Å²) >= 11 is 0. The molecule has 0 bridgehead atoms. The van der Waals surface area contributed by atoms with Crippen molar-refractivity contribution in [2.45, 2.75) is 38.6 Å². The summed E-state index contributed by atoms with van der Waals surface area (Å²) < 4.78 is 27.0. The van der Waals surface area contributed by atoms with Gasteiger partial charge in [-0.25, -0.2) is 13.1 Å². The van der Waals surface area contributed by atoms with E-state index in [-0.39, 0.29) is 16.8 Å². The van der Waals surface area contributed by atoms with Crippen molar-refractivity contribution in [1.82, 2.24) is 14.9 Å². The Labute approximate surface area is 174 Å². The van der Waals surface area contributed by atoms with Gasteiger partial charge >= 0.3 is 0 Å². The van der Waals surface area contributed by atoms with E-state index in [0.29, 0.717) is 18.7 Å². The number of carbonyl (C=O) groups excluding carboxylic acids is 1. The molecule has 7 heteroatoms. The number of nitrogens with one attached hydrogen (secondary N) is 2. The topological polar surface area (TPSA) is 78.5 Å². The van der Waals surface area contributed by atoms with Gasteiger partial charge < -0.3 is 5.32 Å². The maximum absolute atomic E-state index is 12.9. The molecule has 29 heavy (non-hydrogen) atoms. The average Bonchev–Trinajstić information content (AvgIpc) is 2.71. The van der Waals surface area contributed by atoms with E-state index in [1.165, 1.54) is 12.1 Å². The molecule has 0 spiro atoms. The minimum Gasteiger partial charge on any atom is -0.350 e. The zero-order chi connectivity index (χ0) is 21.4. The van der Waals surface area contributed by atoms with E-state index in [2.05, 4.69) is 40.9 Å². The maximum atomic E-state index is 12.9. The number of hydrogen-bond donors (Lipinski definition) is 2. The second-order valence-corrected chi connectivity index (χ2v) is 8.60. The van der Waals surface area contributed by atoms with Crippen molar-refractivity contribution in [3.05, 3.63) is 65.2 Å². The molecule has 158 valence electrons. The van der Waals surface area contributed by atoms with Gasteiger partial charge in [-0.05, 0) is 43.3 Å². The highest BCUT2D eigenvalue weighted by Crippen LogP contribution is 2.20. The first-order valence-corrected chi connectivity index (χ1v) is 11.5. The molecule has 0 aliphatic rings. The van der Waals surface area contributed by atoms with E-state index in [4.69, 9.17) is 0 Å². The van der Waals surface area contributed by atoms with Gasteiger partial charge in [0.15, 0.2) is 0 Å². The van der Waals surface area contributed by atoms with Gasteiger partial charge in [0, 0.05) is 18.7 Å². The third-order valence-electron chi connectivity index (χ3n) is 4.99. The first-order valence-electron chi connectivity index (χ1n) is 10.0. The van der Waals surface area contributed by atoms with E-state index in [0.717, 1.165) is 24.2 Å². The van der Waals surface area contributed by atoms with Gasteiger partial charge in [-0.15, -0.1) is 0 Å². The Morgan fingerprint density at radius 2 is 1.69 bits per heavy atom. The highest BCUT2D eigenvalue weighted by atomic mass is 32.2. The first-order chi connectivity index (χ1) is 13.8. The van der Waals surface area contributed by atoms with Gasteiger partial charge in [-0.3, -0.25) is 9.69 Å². The van der Waals surface area contributed by atoms with Crippen LogP contribution in [0.25, 0.3) is 0 Å². The number of rotatable bonds is 10. The van der Waals surface area contributed by atoms with Crippen LogP contribution >= 0.6 is 0 Å². The van der Waals surface area contributed by atoms with E-state index in [1.54, 1.807) is 19.9 Å². The van der Waals surface area contributed by atoms with Crippen LogP contribution in [0.3, 0.4) is 0 Å². The quantitative estimate of drug-likeness (QED) is 0.623. The van der Waals surface area contributed by atoms with Crippen LogP contribution in [0.15, 0.2) is 53.4 Å². The van der Waals surface area contributed by atoms with Crippen LogP contribution in [0, 0.1) is 6.92 Å². The zero-order valence-corrected chi connectivity index (χ0v) is 18.4. The Morgan fingerprint density at radius 3 is 2.28 bits per heavy atom. The molecule has 1 unspecified atom stereocenters. The third kappa shape index (κ3) is 5.88. The van der Waals surface area contributed by atoms with Crippen molar-refractivity contribution >= 4 is 15.9 Å². The number of benzene rings is 2. The van der Waals surface area contributed by atoms with Crippen molar-refractivity contribution in [3.63, 3.8) is 0 Å². The summed E-state index contributed by atoms with van der Waals surface area (Å²) in [6.07, 6.45) is 0. The lowest BCUT2D eigenvalue weighted by atomic mass is 10.0. The minimum atomic E-state index is -3.62. The van der Waals surface area contributed by atoms with Crippen LogP contribution < -0.4 is 10.0 Å². The van der Waals surface area contributed by atoms with Crippen LogP contribution in [-0.2, 0) is 10.0 Å². The Balaban J connectivity index is 2.24. The SMILES string of the molecule is CCNS(=O)(=O)c1ccc(C)c(C(=O)NCC(c2ccccc2)N(CC)CC)c1. The summed E-state index contributed by atoms with van der Waals surface area (Å²) in [6.45, 7) is 10.2. The van der Waals surface area contributed by atoms with Gasteiger partial charge in [-0.1, -0.05) is 57.2 Å². The molecular formula is C22H31N3O3S. The van der Waals surface area contributed by atoms with E-state index < -0.39 is 10.0 Å². The molecule has 0 saturated heterocycles. The lowest BCUT2D eigenvalue weighted by Crippen LogP contribution is -2.38. The van der Waals surface area contributed by atoms with E-state index >= 15 is 0 Å². The molecule has 2 rings (SSSR count). The fourth-order valence-corrected chi connectivity index (χ4v) is 4.44. The summed E-state index contributed by atoms with van der Waals surface area (Å²) in [5, 5.41) is 3.00. The lowest BCUT2D eigenvalue weighted by Gasteiger charge is -2.30. The molecule has 0 fully saturated rings. The number of sulfonamides is 1. The summed E-state index contributed by atoms with van der Waals surface area (Å²) in [7, 11) is -3.62. The summed E-state index contributed by atoms with van der Waals surface area (Å²) in [6, 6.07) is 14.8. The molecule has 6 nitrogen and oxygen atoms in total. The fourth-order valence-electron chi connectivity index (χ4n) is 3.37. The Bertz CT molecular complexity index is 910.